The van der Waals surface area contributed by atoms with E-state index in [1.165, 1.54) is 25.1 Å². The smallest absolute Gasteiger partial charge is 0.256 e. The van der Waals surface area contributed by atoms with Crippen molar-refractivity contribution in [3.05, 3.63) is 59.1 Å². The maximum absolute atomic E-state index is 14.9. The van der Waals surface area contributed by atoms with Crippen LogP contribution in [0.1, 0.15) is 10.4 Å². The van der Waals surface area contributed by atoms with Gasteiger partial charge in [-0.2, -0.15) is 4.39 Å². The van der Waals surface area contributed by atoms with E-state index in [1.54, 1.807) is 29.2 Å². The molecular formula is C22H22ClF2N3O3. The molecule has 0 bridgehead atoms. The van der Waals surface area contributed by atoms with Crippen LogP contribution in [-0.2, 0) is 4.79 Å². The lowest BCUT2D eigenvalue weighted by molar-refractivity contribution is -0.127. The molecule has 31 heavy (non-hydrogen) atoms. The molecule has 9 heteroatoms. The second kappa shape index (κ2) is 9.34. The maximum atomic E-state index is 14.9. The van der Waals surface area contributed by atoms with Crippen molar-refractivity contribution in [3.63, 3.8) is 0 Å². The van der Waals surface area contributed by atoms with Gasteiger partial charge in [-0.25, -0.2) is 4.39 Å². The van der Waals surface area contributed by atoms with Gasteiger partial charge in [0.25, 0.3) is 5.91 Å². The Bertz CT molecular complexity index is 1040. The third-order valence-electron chi connectivity index (χ3n) is 5.20. The molecule has 0 spiro atoms. The van der Waals surface area contributed by atoms with Crippen LogP contribution in [0.25, 0.3) is 11.1 Å². The van der Waals surface area contributed by atoms with Crippen LogP contribution in [0.4, 0.5) is 14.5 Å². The summed E-state index contributed by atoms with van der Waals surface area (Å²) >= 11 is 6.34. The molecule has 1 aliphatic heterocycles. The summed E-state index contributed by atoms with van der Waals surface area (Å²) in [6.07, 6.45) is 1.21. The summed E-state index contributed by atoms with van der Waals surface area (Å²) in [5.41, 5.74) is 0.0175. The number of hydrogen-bond donors (Lipinski definition) is 1. The predicted molar refractivity (Wildman–Crippen MR) is 116 cm³/mol. The van der Waals surface area contributed by atoms with Crippen LogP contribution < -0.4 is 10.1 Å². The van der Waals surface area contributed by atoms with Crippen LogP contribution >= 0.6 is 11.6 Å². The highest BCUT2D eigenvalue weighted by atomic mass is 35.5. The number of carbonyl (C=O) groups excluding carboxylic acids is 2. The molecule has 164 valence electrons. The zero-order valence-electron chi connectivity index (χ0n) is 17.2. The summed E-state index contributed by atoms with van der Waals surface area (Å²) in [6.45, 7) is 4.52. The number of nitrogens with one attached hydrogen (secondary N) is 1. The van der Waals surface area contributed by atoms with Crippen molar-refractivity contribution in [2.45, 2.75) is 0 Å². The van der Waals surface area contributed by atoms with E-state index in [2.05, 4.69) is 11.9 Å². The number of ether oxygens (including phenoxy) is 1. The Balaban J connectivity index is 2.16. The molecule has 3 rings (SSSR count). The number of benzene rings is 2. The number of methoxy groups -OCH3 is 1. The Morgan fingerprint density at radius 3 is 2.29 bits per heavy atom. The van der Waals surface area contributed by atoms with E-state index in [0.29, 0.717) is 18.7 Å². The maximum Gasteiger partial charge on any atom is 0.256 e. The first-order chi connectivity index (χ1) is 14.8. The fourth-order valence-corrected chi connectivity index (χ4v) is 3.88. The molecule has 1 heterocycles. The van der Waals surface area contributed by atoms with E-state index < -0.39 is 23.3 Å². The average Bonchev–Trinajstić information content (AvgIpc) is 2.80. The number of piperazine rings is 1. The van der Waals surface area contributed by atoms with Crippen LogP contribution in [0.3, 0.4) is 0 Å². The van der Waals surface area contributed by atoms with Gasteiger partial charge in [0.2, 0.25) is 11.7 Å². The Morgan fingerprint density at radius 2 is 1.74 bits per heavy atom. The second-order valence-corrected chi connectivity index (χ2v) is 7.24. The Hall–Kier alpha value is -3.13. The lowest BCUT2D eigenvalue weighted by Gasteiger charge is -2.35. The average molecular weight is 450 g/mol. The first-order valence-electron chi connectivity index (χ1n) is 9.57. The predicted octanol–water partition coefficient (Wildman–Crippen LogP) is 3.81. The van der Waals surface area contributed by atoms with Crippen molar-refractivity contribution in [1.29, 1.82) is 0 Å². The molecule has 1 saturated heterocycles. The summed E-state index contributed by atoms with van der Waals surface area (Å²) in [5.74, 6) is -3.61. The van der Waals surface area contributed by atoms with Crippen molar-refractivity contribution in [2.24, 2.45) is 0 Å². The minimum Gasteiger partial charge on any atom is -0.493 e. The van der Waals surface area contributed by atoms with E-state index in [-0.39, 0.29) is 40.8 Å². The summed E-state index contributed by atoms with van der Waals surface area (Å²) in [6, 6.07) is 6.56. The molecule has 2 aromatic carbocycles. The number of hydrogen-bond acceptors (Lipinski definition) is 4. The highest BCUT2D eigenvalue weighted by Gasteiger charge is 2.34. The zero-order chi connectivity index (χ0) is 22.7. The van der Waals surface area contributed by atoms with Crippen molar-refractivity contribution >= 4 is 29.1 Å². The van der Waals surface area contributed by atoms with E-state index in [9.17, 15) is 18.4 Å². The molecule has 2 aromatic rings. The van der Waals surface area contributed by atoms with Gasteiger partial charge in [0.15, 0.2) is 11.6 Å². The first-order valence-corrected chi connectivity index (χ1v) is 9.95. The number of carbonyl (C=O) groups is 2. The molecule has 0 atom stereocenters. The van der Waals surface area contributed by atoms with Gasteiger partial charge in [0, 0.05) is 49.4 Å². The van der Waals surface area contributed by atoms with E-state index in [1.807, 2.05) is 0 Å². The fourth-order valence-electron chi connectivity index (χ4n) is 3.65. The van der Waals surface area contributed by atoms with Crippen LogP contribution in [0.15, 0.2) is 36.9 Å². The minimum atomic E-state index is -1.22. The zero-order valence-corrected chi connectivity index (χ0v) is 17.9. The molecule has 0 saturated carbocycles. The number of nitrogens with zero attached hydrogens (tertiary/aromatic N) is 2. The van der Waals surface area contributed by atoms with Gasteiger partial charge in [0.1, 0.15) is 0 Å². The molecule has 0 radical (unpaired) electrons. The van der Waals surface area contributed by atoms with Gasteiger partial charge in [-0.05, 0) is 12.1 Å². The Kier molecular flexibility index (Phi) is 6.80. The highest BCUT2D eigenvalue weighted by Crippen LogP contribution is 2.44. The highest BCUT2D eigenvalue weighted by molar-refractivity contribution is 6.33. The molecule has 0 aliphatic carbocycles. The van der Waals surface area contributed by atoms with Gasteiger partial charge in [0.05, 0.1) is 18.4 Å². The van der Waals surface area contributed by atoms with Crippen molar-refractivity contribution in [3.8, 4) is 16.9 Å². The second-order valence-electron chi connectivity index (χ2n) is 6.84. The van der Waals surface area contributed by atoms with Gasteiger partial charge < -0.3 is 19.9 Å². The summed E-state index contributed by atoms with van der Waals surface area (Å²) in [5, 5.41) is 2.86. The van der Waals surface area contributed by atoms with E-state index in [4.69, 9.17) is 16.3 Å². The van der Waals surface area contributed by atoms with Crippen LogP contribution in [0.5, 0.6) is 5.75 Å². The van der Waals surface area contributed by atoms with Crippen molar-refractivity contribution in [1.82, 2.24) is 9.80 Å². The molecule has 1 N–H and O–H groups in total. The van der Waals surface area contributed by atoms with Crippen LogP contribution in [-0.4, -0.2) is 62.0 Å². The van der Waals surface area contributed by atoms with Crippen LogP contribution in [0.2, 0.25) is 5.02 Å². The van der Waals surface area contributed by atoms with Gasteiger partial charge in [-0.1, -0.05) is 36.4 Å². The number of amides is 2. The number of halogens is 3. The van der Waals surface area contributed by atoms with Crippen LogP contribution in [0, 0.1) is 11.6 Å². The van der Waals surface area contributed by atoms with E-state index in [0.717, 1.165) is 0 Å². The lowest BCUT2D eigenvalue weighted by Crippen LogP contribution is -2.50. The standard InChI is InChI=1S/C22H22ClF2N3O3/c1-4-15(29)27-9-11-28(12-10-27)22(30)17-16(13-7-5-6-8-14(13)23)21(31-3)19(25)18(24)20(17)26-2/h4-8,26H,1,9-12H2,2-3H3. The summed E-state index contributed by atoms with van der Waals surface area (Å²) in [4.78, 5) is 28.4. The largest absolute Gasteiger partial charge is 0.493 e. The third kappa shape index (κ3) is 4.07. The molecule has 6 nitrogen and oxygen atoms in total. The summed E-state index contributed by atoms with van der Waals surface area (Å²) in [7, 11) is 2.60. The quantitative estimate of drug-likeness (QED) is 0.705. The molecule has 1 fully saturated rings. The fraction of sp³-hybridized carbons (Fsp3) is 0.273. The third-order valence-corrected chi connectivity index (χ3v) is 5.53. The molecule has 1 aliphatic rings. The molecular weight excluding hydrogens is 428 g/mol. The van der Waals surface area contributed by atoms with E-state index >= 15 is 0 Å². The summed E-state index contributed by atoms with van der Waals surface area (Å²) < 4.78 is 34.9. The monoisotopic (exact) mass is 449 g/mol. The Morgan fingerprint density at radius 1 is 1.13 bits per heavy atom. The normalized spacial score (nSPS) is 13.7. The van der Waals surface area contributed by atoms with Crippen molar-refractivity contribution < 1.29 is 23.1 Å². The number of rotatable bonds is 5. The van der Waals surface area contributed by atoms with Gasteiger partial charge in [-0.15, -0.1) is 0 Å². The molecule has 0 aromatic heterocycles. The van der Waals surface area contributed by atoms with Gasteiger partial charge >= 0.3 is 0 Å². The molecule has 0 unspecified atom stereocenters. The van der Waals surface area contributed by atoms with Gasteiger partial charge in [-0.3, -0.25) is 9.59 Å². The lowest BCUT2D eigenvalue weighted by atomic mass is 9.94. The molecule has 2 amide bonds. The SMILES string of the molecule is C=CC(=O)N1CCN(C(=O)c2c(NC)c(F)c(F)c(OC)c2-c2ccccc2Cl)CC1. The number of anilines is 1. The minimum absolute atomic E-state index is 0.0611. The topological polar surface area (TPSA) is 61.9 Å². The van der Waals surface area contributed by atoms with Crippen molar-refractivity contribution in [2.75, 3.05) is 45.7 Å². The Labute approximate surface area is 184 Å². The first kappa shape index (κ1) is 22.6.